The predicted molar refractivity (Wildman–Crippen MR) is 82.4 cm³/mol. The molecule has 0 saturated heterocycles. The largest absolute Gasteiger partial charge is 0.277 e. The first-order valence-electron chi connectivity index (χ1n) is 6.41. The Labute approximate surface area is 130 Å². The van der Waals surface area contributed by atoms with Gasteiger partial charge in [-0.15, -0.1) is 5.10 Å². The Kier molecular flexibility index (Phi) is 3.60. The van der Waals surface area contributed by atoms with Gasteiger partial charge in [0.1, 0.15) is 5.69 Å². The van der Waals surface area contributed by atoms with Crippen LogP contribution in [0.1, 0.15) is 18.2 Å². The Balaban J connectivity index is 2.16. The van der Waals surface area contributed by atoms with Gasteiger partial charge in [-0.25, -0.2) is 5.10 Å². The van der Waals surface area contributed by atoms with Crippen molar-refractivity contribution in [3.8, 4) is 0 Å². The maximum absolute atomic E-state index is 12.5. The molecule has 2 heterocycles. The lowest BCUT2D eigenvalue weighted by Gasteiger charge is -2.07. The molecule has 0 atom stereocenters. The average molecular weight is 322 g/mol. The topological polar surface area (TPSA) is 68.0 Å². The number of aromatic nitrogens is 5. The van der Waals surface area contributed by atoms with Crippen LogP contribution in [0.25, 0.3) is 5.78 Å². The standard InChI is InChI=1S/C13H12ClN5OS/c1-2-18-11(20)10(7-8-3-5-9(14)6-4-8)17-19-12(18)15-16-13(19)21/h3-6H,2,7H2,1H3,(H,16,21). The van der Waals surface area contributed by atoms with Crippen molar-refractivity contribution in [2.75, 3.05) is 0 Å². The van der Waals surface area contributed by atoms with Crippen LogP contribution >= 0.6 is 23.8 Å². The van der Waals surface area contributed by atoms with Crippen molar-refractivity contribution in [3.63, 3.8) is 0 Å². The molecule has 0 radical (unpaired) electrons. The van der Waals surface area contributed by atoms with E-state index in [1.165, 1.54) is 4.52 Å². The summed E-state index contributed by atoms with van der Waals surface area (Å²) in [6.45, 7) is 2.38. The first-order valence-corrected chi connectivity index (χ1v) is 7.20. The Morgan fingerprint density at radius 1 is 1.33 bits per heavy atom. The number of aromatic amines is 1. The molecule has 0 aliphatic carbocycles. The monoisotopic (exact) mass is 321 g/mol. The fourth-order valence-corrected chi connectivity index (χ4v) is 2.44. The first kappa shape index (κ1) is 14.0. The number of benzene rings is 1. The summed E-state index contributed by atoms with van der Waals surface area (Å²) in [4.78, 5) is 12.5. The van der Waals surface area contributed by atoms with Crippen LogP contribution in [0.5, 0.6) is 0 Å². The Hall–Kier alpha value is -1.99. The van der Waals surface area contributed by atoms with Gasteiger partial charge in [0.25, 0.3) is 11.3 Å². The molecule has 0 unspecified atom stereocenters. The van der Waals surface area contributed by atoms with Crippen LogP contribution in [0.3, 0.4) is 0 Å². The predicted octanol–water partition coefficient (Wildman–Crippen LogP) is 2.21. The highest BCUT2D eigenvalue weighted by atomic mass is 35.5. The van der Waals surface area contributed by atoms with E-state index in [0.29, 0.717) is 34.2 Å². The lowest BCUT2D eigenvalue weighted by molar-refractivity contribution is 0.671. The number of nitrogens with one attached hydrogen (secondary N) is 1. The van der Waals surface area contributed by atoms with E-state index in [4.69, 9.17) is 23.8 Å². The summed E-state index contributed by atoms with van der Waals surface area (Å²) in [5.74, 6) is 0.423. The highest BCUT2D eigenvalue weighted by molar-refractivity contribution is 7.71. The molecule has 2 aromatic heterocycles. The van der Waals surface area contributed by atoms with E-state index in [2.05, 4.69) is 15.3 Å². The van der Waals surface area contributed by atoms with Crippen LogP contribution in [0.2, 0.25) is 5.02 Å². The van der Waals surface area contributed by atoms with Crippen molar-refractivity contribution < 1.29 is 0 Å². The van der Waals surface area contributed by atoms with Gasteiger partial charge in [-0.3, -0.25) is 9.36 Å². The fourth-order valence-electron chi connectivity index (χ4n) is 2.15. The summed E-state index contributed by atoms with van der Waals surface area (Å²) in [6, 6.07) is 7.33. The number of H-pyrrole nitrogens is 1. The van der Waals surface area contributed by atoms with E-state index in [1.54, 1.807) is 16.7 Å². The second-order valence-electron chi connectivity index (χ2n) is 4.54. The number of nitrogens with zero attached hydrogens (tertiary/aromatic N) is 4. The van der Waals surface area contributed by atoms with Crippen molar-refractivity contribution in [1.29, 1.82) is 0 Å². The minimum Gasteiger partial charge on any atom is -0.274 e. The zero-order chi connectivity index (χ0) is 15.0. The number of hydrogen-bond donors (Lipinski definition) is 1. The van der Waals surface area contributed by atoms with Crippen LogP contribution in [-0.4, -0.2) is 24.4 Å². The summed E-state index contributed by atoms with van der Waals surface area (Å²) in [6.07, 6.45) is 0.416. The molecule has 1 aromatic carbocycles. The molecule has 108 valence electrons. The summed E-state index contributed by atoms with van der Waals surface area (Å²) >= 11 is 11.0. The molecule has 0 aliphatic heterocycles. The van der Waals surface area contributed by atoms with Gasteiger partial charge in [0.15, 0.2) is 0 Å². The van der Waals surface area contributed by atoms with Gasteiger partial charge in [-0.1, -0.05) is 23.7 Å². The van der Waals surface area contributed by atoms with Crippen molar-refractivity contribution in [3.05, 3.63) is 55.7 Å². The Bertz CT molecular complexity index is 909. The third-order valence-electron chi connectivity index (χ3n) is 3.19. The van der Waals surface area contributed by atoms with E-state index >= 15 is 0 Å². The molecule has 6 nitrogen and oxygen atoms in total. The van der Waals surface area contributed by atoms with Gasteiger partial charge in [0.05, 0.1) is 0 Å². The second kappa shape index (κ2) is 5.42. The minimum atomic E-state index is -0.158. The van der Waals surface area contributed by atoms with E-state index in [0.717, 1.165) is 5.56 Å². The average Bonchev–Trinajstić information content (AvgIpc) is 2.83. The van der Waals surface area contributed by atoms with Crippen LogP contribution in [0, 0.1) is 4.77 Å². The smallest absolute Gasteiger partial charge is 0.274 e. The van der Waals surface area contributed by atoms with Crippen molar-refractivity contribution in [1.82, 2.24) is 24.4 Å². The minimum absolute atomic E-state index is 0.158. The number of rotatable bonds is 3. The molecule has 0 spiro atoms. The zero-order valence-electron chi connectivity index (χ0n) is 11.2. The quantitative estimate of drug-likeness (QED) is 0.751. The normalized spacial score (nSPS) is 11.1. The lowest BCUT2D eigenvalue weighted by atomic mass is 10.1. The van der Waals surface area contributed by atoms with Crippen LogP contribution in [0.15, 0.2) is 29.1 Å². The van der Waals surface area contributed by atoms with E-state index in [-0.39, 0.29) is 5.56 Å². The summed E-state index contributed by atoms with van der Waals surface area (Å²) in [5, 5.41) is 11.7. The zero-order valence-corrected chi connectivity index (χ0v) is 12.8. The SMILES string of the molecule is CCn1c(=O)c(Cc2ccc(Cl)cc2)nn2c(=S)[nH]nc12. The third-order valence-corrected chi connectivity index (χ3v) is 3.70. The van der Waals surface area contributed by atoms with Gasteiger partial charge in [-0.05, 0) is 36.8 Å². The molecular formula is C13H12ClN5OS. The molecular weight excluding hydrogens is 310 g/mol. The van der Waals surface area contributed by atoms with Gasteiger partial charge < -0.3 is 0 Å². The molecule has 3 aromatic rings. The molecule has 0 fully saturated rings. The summed E-state index contributed by atoms with van der Waals surface area (Å²) in [5.41, 5.74) is 1.22. The maximum atomic E-state index is 12.5. The number of fused-ring (bicyclic) bond motifs is 1. The van der Waals surface area contributed by atoms with Crippen molar-refractivity contribution in [2.24, 2.45) is 0 Å². The van der Waals surface area contributed by atoms with E-state index < -0.39 is 0 Å². The third kappa shape index (κ3) is 2.50. The lowest BCUT2D eigenvalue weighted by Crippen LogP contribution is -2.28. The molecule has 21 heavy (non-hydrogen) atoms. The van der Waals surface area contributed by atoms with E-state index in [1.807, 2.05) is 19.1 Å². The van der Waals surface area contributed by atoms with Gasteiger partial charge >= 0.3 is 0 Å². The first-order chi connectivity index (χ1) is 10.1. The number of hydrogen-bond acceptors (Lipinski definition) is 4. The Morgan fingerprint density at radius 2 is 2.05 bits per heavy atom. The maximum Gasteiger partial charge on any atom is 0.277 e. The fraction of sp³-hybridized carbons (Fsp3) is 0.231. The van der Waals surface area contributed by atoms with Crippen LogP contribution in [-0.2, 0) is 13.0 Å². The molecule has 0 aliphatic rings. The molecule has 0 amide bonds. The van der Waals surface area contributed by atoms with Crippen LogP contribution in [0.4, 0.5) is 0 Å². The van der Waals surface area contributed by atoms with E-state index in [9.17, 15) is 4.79 Å². The highest BCUT2D eigenvalue weighted by Crippen LogP contribution is 2.11. The molecule has 8 heteroatoms. The molecule has 1 N–H and O–H groups in total. The van der Waals surface area contributed by atoms with Gasteiger partial charge in [0, 0.05) is 18.0 Å². The van der Waals surface area contributed by atoms with Crippen LogP contribution < -0.4 is 5.56 Å². The van der Waals surface area contributed by atoms with Crippen molar-refractivity contribution in [2.45, 2.75) is 19.9 Å². The number of halogens is 1. The summed E-state index contributed by atoms with van der Waals surface area (Å²) < 4.78 is 3.39. The van der Waals surface area contributed by atoms with Gasteiger partial charge in [-0.2, -0.15) is 9.61 Å². The molecule has 3 rings (SSSR count). The highest BCUT2D eigenvalue weighted by Gasteiger charge is 2.13. The Morgan fingerprint density at radius 3 is 2.71 bits per heavy atom. The van der Waals surface area contributed by atoms with Gasteiger partial charge in [0.2, 0.25) is 4.77 Å². The summed E-state index contributed by atoms with van der Waals surface area (Å²) in [7, 11) is 0. The number of aryl methyl sites for hydroxylation is 1. The molecule has 0 bridgehead atoms. The molecule has 0 saturated carbocycles. The second-order valence-corrected chi connectivity index (χ2v) is 5.36. The van der Waals surface area contributed by atoms with Crippen molar-refractivity contribution >= 4 is 29.6 Å².